The summed E-state index contributed by atoms with van der Waals surface area (Å²) in [6, 6.07) is 1.88. The maximum Gasteiger partial charge on any atom is 0.433 e. The van der Waals surface area contributed by atoms with Gasteiger partial charge in [0.25, 0.3) is 0 Å². The van der Waals surface area contributed by atoms with Crippen LogP contribution in [0.1, 0.15) is 27.2 Å². The second-order valence-corrected chi connectivity index (χ2v) is 5.05. The zero-order valence-electron chi connectivity index (χ0n) is 13.3. The first-order valence-corrected chi connectivity index (χ1v) is 6.85. The predicted molar refractivity (Wildman–Crippen MR) is 76.5 cm³/mol. The van der Waals surface area contributed by atoms with E-state index in [1.165, 1.54) is 6.92 Å². The van der Waals surface area contributed by atoms with Crippen molar-refractivity contribution in [3.05, 3.63) is 52.3 Å². The molecule has 4 nitrogen and oxygen atoms in total. The number of nitrogens with zero attached hydrogens (tertiary/aromatic N) is 1. The predicted octanol–water partition coefficient (Wildman–Crippen LogP) is 4.57. The summed E-state index contributed by atoms with van der Waals surface area (Å²) in [5.41, 5.74) is -2.50. The van der Waals surface area contributed by atoms with Gasteiger partial charge in [-0.05, 0) is 31.5 Å². The highest BCUT2D eigenvalue weighted by Crippen LogP contribution is 2.37. The van der Waals surface area contributed by atoms with E-state index in [0.29, 0.717) is 6.20 Å². The van der Waals surface area contributed by atoms with Crippen LogP contribution in [0.5, 0.6) is 11.5 Å². The van der Waals surface area contributed by atoms with E-state index in [1.807, 2.05) is 0 Å². The van der Waals surface area contributed by atoms with Crippen molar-refractivity contribution >= 4 is 5.97 Å². The fraction of sp³-hybridized carbons (Fsp3) is 0.250. The summed E-state index contributed by atoms with van der Waals surface area (Å²) >= 11 is 0. The summed E-state index contributed by atoms with van der Waals surface area (Å²) in [7, 11) is 0.988. The highest BCUT2D eigenvalue weighted by molar-refractivity contribution is 5.94. The van der Waals surface area contributed by atoms with Crippen LogP contribution in [0.3, 0.4) is 0 Å². The number of aromatic nitrogens is 1. The lowest BCUT2D eigenvalue weighted by Gasteiger charge is -2.17. The van der Waals surface area contributed by atoms with E-state index in [-0.39, 0.29) is 17.1 Å². The summed E-state index contributed by atoms with van der Waals surface area (Å²) < 4.78 is 75.5. The van der Waals surface area contributed by atoms with Gasteiger partial charge in [0, 0.05) is 5.56 Å². The van der Waals surface area contributed by atoms with Gasteiger partial charge >= 0.3 is 12.1 Å². The van der Waals surface area contributed by atoms with Gasteiger partial charge in [0.15, 0.2) is 17.4 Å². The first kappa shape index (κ1) is 18.6. The molecule has 0 saturated carbocycles. The third-order valence-corrected chi connectivity index (χ3v) is 3.46. The number of halogens is 5. The Labute approximate surface area is 139 Å². The summed E-state index contributed by atoms with van der Waals surface area (Å²) in [5, 5.41) is 0. The van der Waals surface area contributed by atoms with Gasteiger partial charge < -0.3 is 9.47 Å². The monoisotopic (exact) mass is 361 g/mol. The van der Waals surface area contributed by atoms with E-state index in [2.05, 4.69) is 9.72 Å². The Kier molecular flexibility index (Phi) is 4.96. The van der Waals surface area contributed by atoms with Crippen LogP contribution in [-0.4, -0.2) is 18.1 Å². The largest absolute Gasteiger partial charge is 0.465 e. The smallest absolute Gasteiger partial charge is 0.433 e. The summed E-state index contributed by atoms with van der Waals surface area (Å²) in [6.07, 6.45) is -4.11. The molecule has 134 valence electrons. The van der Waals surface area contributed by atoms with E-state index >= 15 is 0 Å². The van der Waals surface area contributed by atoms with Gasteiger partial charge in [0.1, 0.15) is 17.0 Å². The number of ether oxygens (including phenoxy) is 2. The third kappa shape index (κ3) is 3.54. The van der Waals surface area contributed by atoms with Crippen LogP contribution in [0.4, 0.5) is 22.0 Å². The van der Waals surface area contributed by atoms with Gasteiger partial charge in [-0.2, -0.15) is 13.2 Å². The SMILES string of the molecule is COC(=O)c1c(Oc2ccc(F)c(F)c2C)cnc(C(F)(F)F)c1C. The molecule has 2 rings (SSSR count). The third-order valence-electron chi connectivity index (χ3n) is 3.46. The van der Waals surface area contributed by atoms with E-state index in [4.69, 9.17) is 4.74 Å². The van der Waals surface area contributed by atoms with Crippen LogP contribution in [0.2, 0.25) is 0 Å². The molecule has 0 unspecified atom stereocenters. The van der Waals surface area contributed by atoms with Crippen molar-refractivity contribution in [2.45, 2.75) is 20.0 Å². The van der Waals surface area contributed by atoms with Gasteiger partial charge in [-0.1, -0.05) is 0 Å². The van der Waals surface area contributed by atoms with Crippen molar-refractivity contribution in [2.24, 2.45) is 0 Å². The van der Waals surface area contributed by atoms with E-state index in [9.17, 15) is 26.7 Å². The van der Waals surface area contributed by atoms with Gasteiger partial charge in [-0.15, -0.1) is 0 Å². The molecule has 25 heavy (non-hydrogen) atoms. The summed E-state index contributed by atoms with van der Waals surface area (Å²) in [6.45, 7) is 2.25. The molecule has 0 aliphatic carbocycles. The van der Waals surface area contributed by atoms with Crippen molar-refractivity contribution in [1.29, 1.82) is 0 Å². The minimum absolute atomic E-state index is 0.176. The van der Waals surface area contributed by atoms with Gasteiger partial charge in [0.2, 0.25) is 0 Å². The fourth-order valence-electron chi connectivity index (χ4n) is 2.17. The first-order valence-electron chi connectivity index (χ1n) is 6.85. The molecule has 1 heterocycles. The zero-order valence-corrected chi connectivity index (χ0v) is 13.3. The number of alkyl halides is 3. The lowest BCUT2D eigenvalue weighted by atomic mass is 10.1. The molecule has 0 aliphatic heterocycles. The molecule has 0 bridgehead atoms. The van der Waals surface area contributed by atoms with Crippen molar-refractivity contribution in [3.63, 3.8) is 0 Å². The quantitative estimate of drug-likeness (QED) is 0.593. The lowest BCUT2D eigenvalue weighted by Crippen LogP contribution is -2.16. The number of carbonyl (C=O) groups is 1. The number of hydrogen-bond acceptors (Lipinski definition) is 4. The van der Waals surface area contributed by atoms with E-state index in [1.54, 1.807) is 0 Å². The molecule has 0 N–H and O–H groups in total. The molecule has 1 aromatic heterocycles. The Bertz CT molecular complexity index is 833. The minimum atomic E-state index is -4.79. The van der Waals surface area contributed by atoms with Gasteiger partial charge in [0.05, 0.1) is 13.3 Å². The number of esters is 1. The highest BCUT2D eigenvalue weighted by Gasteiger charge is 2.37. The molecule has 1 aromatic carbocycles. The number of carbonyl (C=O) groups excluding carboxylic acids is 1. The van der Waals surface area contributed by atoms with Crippen molar-refractivity contribution in [1.82, 2.24) is 4.98 Å². The topological polar surface area (TPSA) is 48.4 Å². The minimum Gasteiger partial charge on any atom is -0.465 e. The number of rotatable bonds is 3. The number of methoxy groups -OCH3 is 1. The van der Waals surface area contributed by atoms with E-state index in [0.717, 1.165) is 26.2 Å². The highest BCUT2D eigenvalue weighted by atomic mass is 19.4. The van der Waals surface area contributed by atoms with Gasteiger partial charge in [-0.3, -0.25) is 0 Å². The normalized spacial score (nSPS) is 11.4. The number of hydrogen-bond donors (Lipinski definition) is 0. The molecule has 0 saturated heterocycles. The Balaban J connectivity index is 2.61. The van der Waals surface area contributed by atoms with Crippen LogP contribution in [0, 0.1) is 25.5 Å². The van der Waals surface area contributed by atoms with Crippen LogP contribution >= 0.6 is 0 Å². The molecule has 0 aliphatic rings. The standard InChI is InChI=1S/C16H12F5NO3/c1-7-10(5-4-9(17)13(7)18)25-11-6-22-14(16(19,20)21)8(2)12(11)15(23)24-3/h4-6H,1-3H3. The average Bonchev–Trinajstić information content (AvgIpc) is 2.53. The maximum absolute atomic E-state index is 13.6. The number of benzene rings is 1. The Morgan fingerprint density at radius 3 is 2.28 bits per heavy atom. The fourth-order valence-corrected chi connectivity index (χ4v) is 2.17. The van der Waals surface area contributed by atoms with E-state index < -0.39 is 40.6 Å². The number of pyridine rings is 1. The lowest BCUT2D eigenvalue weighted by molar-refractivity contribution is -0.141. The Morgan fingerprint density at radius 2 is 1.72 bits per heavy atom. The van der Waals surface area contributed by atoms with Crippen molar-refractivity contribution in [2.75, 3.05) is 7.11 Å². The van der Waals surface area contributed by atoms with Crippen LogP contribution < -0.4 is 4.74 Å². The van der Waals surface area contributed by atoms with Crippen LogP contribution in [0.25, 0.3) is 0 Å². The Morgan fingerprint density at radius 1 is 1.08 bits per heavy atom. The van der Waals surface area contributed by atoms with Crippen molar-refractivity contribution in [3.8, 4) is 11.5 Å². The molecule has 0 spiro atoms. The molecule has 2 aromatic rings. The molecular weight excluding hydrogens is 349 g/mol. The molecular formula is C16H12F5NO3. The zero-order chi connectivity index (χ0) is 18.9. The molecule has 0 radical (unpaired) electrons. The second-order valence-electron chi connectivity index (χ2n) is 5.05. The molecule has 0 fully saturated rings. The van der Waals surface area contributed by atoms with Crippen LogP contribution in [0.15, 0.2) is 18.3 Å². The summed E-state index contributed by atoms with van der Waals surface area (Å²) in [5.74, 6) is -3.91. The van der Waals surface area contributed by atoms with Gasteiger partial charge in [-0.25, -0.2) is 18.6 Å². The van der Waals surface area contributed by atoms with Crippen molar-refractivity contribution < 1.29 is 36.2 Å². The first-order chi connectivity index (χ1) is 11.6. The Hall–Kier alpha value is -2.71. The maximum atomic E-state index is 13.6. The molecule has 0 amide bonds. The molecule has 0 atom stereocenters. The van der Waals surface area contributed by atoms with Crippen LogP contribution in [-0.2, 0) is 10.9 Å². The second kappa shape index (κ2) is 6.66. The summed E-state index contributed by atoms with van der Waals surface area (Å²) in [4.78, 5) is 15.2. The molecule has 9 heteroatoms. The average molecular weight is 361 g/mol.